The van der Waals surface area contributed by atoms with Crippen LogP contribution < -0.4 is 0 Å². The molecule has 0 spiro atoms. The van der Waals surface area contributed by atoms with Crippen molar-refractivity contribution >= 4 is 17.5 Å². The first-order chi connectivity index (χ1) is 10.6. The zero-order valence-corrected chi connectivity index (χ0v) is 13.8. The molecule has 1 atom stereocenters. The number of carbonyl (C=O) groups is 1. The van der Waals surface area contributed by atoms with Crippen molar-refractivity contribution in [2.75, 3.05) is 26.8 Å². The monoisotopic (exact) mass is 325 g/mol. The number of nitrogens with zero attached hydrogens (tertiary/aromatic N) is 1. The van der Waals surface area contributed by atoms with E-state index in [0.717, 1.165) is 44.5 Å². The van der Waals surface area contributed by atoms with E-state index in [0.29, 0.717) is 17.4 Å². The maximum Gasteiger partial charge on any atom is 0.226 e. The Kier molecular flexibility index (Phi) is 6.52. The first kappa shape index (κ1) is 17.1. The molecule has 122 valence electrons. The quantitative estimate of drug-likeness (QED) is 0.817. The third-order valence-corrected chi connectivity index (χ3v) is 4.50. The Labute approximate surface area is 137 Å². The molecule has 0 bridgehead atoms. The molecule has 4 nitrogen and oxygen atoms in total. The fourth-order valence-electron chi connectivity index (χ4n) is 2.99. The van der Waals surface area contributed by atoms with Gasteiger partial charge in [0.15, 0.2) is 0 Å². The Hall–Kier alpha value is -1.26. The highest BCUT2D eigenvalue weighted by Gasteiger charge is 2.23. The van der Waals surface area contributed by atoms with Gasteiger partial charge in [-0.25, -0.2) is 0 Å². The van der Waals surface area contributed by atoms with Crippen LogP contribution in [0.1, 0.15) is 31.2 Å². The van der Waals surface area contributed by atoms with Crippen LogP contribution in [0.15, 0.2) is 18.2 Å². The Balaban J connectivity index is 1.87. The zero-order chi connectivity index (χ0) is 15.9. The highest BCUT2D eigenvalue weighted by atomic mass is 35.5. The van der Waals surface area contributed by atoms with Crippen molar-refractivity contribution in [1.29, 1.82) is 0 Å². The number of ether oxygens (including phenoxy) is 1. The fourth-order valence-corrected chi connectivity index (χ4v) is 3.19. The van der Waals surface area contributed by atoms with E-state index in [-0.39, 0.29) is 11.7 Å². The normalized spacial score (nSPS) is 18.5. The highest BCUT2D eigenvalue weighted by molar-refractivity contribution is 6.32. The average molecular weight is 326 g/mol. The van der Waals surface area contributed by atoms with Crippen LogP contribution in [0.4, 0.5) is 0 Å². The van der Waals surface area contributed by atoms with Gasteiger partial charge < -0.3 is 14.7 Å². The number of carbonyl (C=O) groups excluding carboxylic acids is 1. The summed E-state index contributed by atoms with van der Waals surface area (Å²) in [5, 5.41) is 9.72. The van der Waals surface area contributed by atoms with Gasteiger partial charge in [0.05, 0.1) is 11.4 Å². The number of benzene rings is 1. The van der Waals surface area contributed by atoms with E-state index < -0.39 is 0 Å². The molecule has 1 aliphatic heterocycles. The minimum atomic E-state index is 0.0500. The largest absolute Gasteiger partial charge is 0.506 e. The van der Waals surface area contributed by atoms with Gasteiger partial charge in [0.25, 0.3) is 0 Å². The van der Waals surface area contributed by atoms with Crippen LogP contribution in [0.2, 0.25) is 5.02 Å². The van der Waals surface area contributed by atoms with Gasteiger partial charge in [0.2, 0.25) is 5.91 Å². The number of methoxy groups -OCH3 is 1. The number of halogens is 1. The lowest BCUT2D eigenvalue weighted by Crippen LogP contribution is -2.40. The number of phenolic OH excluding ortho intramolecular Hbond substituents is 1. The van der Waals surface area contributed by atoms with Gasteiger partial charge in [-0.15, -0.1) is 0 Å². The second-order valence-corrected chi connectivity index (χ2v) is 6.35. The number of phenols is 1. The molecule has 1 amide bonds. The molecule has 1 aromatic rings. The van der Waals surface area contributed by atoms with Gasteiger partial charge in [0, 0.05) is 26.8 Å². The van der Waals surface area contributed by atoms with Crippen molar-refractivity contribution in [1.82, 2.24) is 4.90 Å². The minimum Gasteiger partial charge on any atom is -0.506 e. The molecule has 1 aromatic carbocycles. The van der Waals surface area contributed by atoms with Crippen LogP contribution in [0, 0.1) is 5.92 Å². The molecule has 2 rings (SSSR count). The number of amides is 1. The van der Waals surface area contributed by atoms with E-state index >= 15 is 0 Å². The van der Waals surface area contributed by atoms with Crippen LogP contribution >= 0.6 is 11.6 Å². The lowest BCUT2D eigenvalue weighted by Gasteiger charge is -2.33. The second kappa shape index (κ2) is 8.39. The number of piperidine rings is 1. The molecule has 1 N–H and O–H groups in total. The number of hydrogen-bond donors (Lipinski definition) is 1. The number of hydrogen-bond acceptors (Lipinski definition) is 3. The molecule has 0 aliphatic carbocycles. The lowest BCUT2D eigenvalue weighted by atomic mass is 9.93. The van der Waals surface area contributed by atoms with Gasteiger partial charge >= 0.3 is 0 Å². The van der Waals surface area contributed by atoms with E-state index in [2.05, 4.69) is 0 Å². The van der Waals surface area contributed by atoms with Crippen LogP contribution in [0.5, 0.6) is 5.75 Å². The maximum atomic E-state index is 12.4. The van der Waals surface area contributed by atoms with Gasteiger partial charge in [-0.3, -0.25) is 4.79 Å². The summed E-state index contributed by atoms with van der Waals surface area (Å²) in [5.41, 5.74) is 0.842. The molecule has 0 radical (unpaired) electrons. The van der Waals surface area contributed by atoms with Crippen molar-refractivity contribution in [3.8, 4) is 5.75 Å². The average Bonchev–Trinajstić information content (AvgIpc) is 2.51. The van der Waals surface area contributed by atoms with Crippen molar-refractivity contribution in [2.24, 2.45) is 5.92 Å². The SMILES string of the molecule is COCCC[C@H]1CCCN(C(=O)Cc2ccc(O)c(Cl)c2)C1. The summed E-state index contributed by atoms with van der Waals surface area (Å²) < 4.78 is 5.09. The predicted molar refractivity (Wildman–Crippen MR) is 87.2 cm³/mol. The molecular weight excluding hydrogens is 302 g/mol. The van der Waals surface area contributed by atoms with Crippen LogP contribution in [0.3, 0.4) is 0 Å². The van der Waals surface area contributed by atoms with Crippen molar-refractivity contribution in [3.05, 3.63) is 28.8 Å². The Morgan fingerprint density at radius 2 is 2.32 bits per heavy atom. The van der Waals surface area contributed by atoms with Gasteiger partial charge in [-0.1, -0.05) is 17.7 Å². The Morgan fingerprint density at radius 3 is 3.05 bits per heavy atom. The number of likely N-dealkylation sites (tertiary alicyclic amines) is 1. The first-order valence-corrected chi connectivity index (χ1v) is 8.22. The highest BCUT2D eigenvalue weighted by Crippen LogP contribution is 2.25. The molecule has 1 aliphatic rings. The molecule has 0 saturated carbocycles. The van der Waals surface area contributed by atoms with E-state index in [1.54, 1.807) is 19.2 Å². The molecule has 0 aromatic heterocycles. The van der Waals surface area contributed by atoms with E-state index in [1.807, 2.05) is 4.90 Å². The zero-order valence-electron chi connectivity index (χ0n) is 13.1. The molecule has 1 saturated heterocycles. The van der Waals surface area contributed by atoms with Gasteiger partial charge in [-0.05, 0) is 49.3 Å². The number of rotatable bonds is 6. The summed E-state index contributed by atoms with van der Waals surface area (Å²) >= 11 is 5.89. The predicted octanol–water partition coefficient (Wildman–Crippen LogP) is 3.25. The topological polar surface area (TPSA) is 49.8 Å². The first-order valence-electron chi connectivity index (χ1n) is 7.84. The molecular formula is C17H24ClNO3. The maximum absolute atomic E-state index is 12.4. The smallest absolute Gasteiger partial charge is 0.226 e. The van der Waals surface area contributed by atoms with Crippen LogP contribution in [0.25, 0.3) is 0 Å². The molecule has 5 heteroatoms. The summed E-state index contributed by atoms with van der Waals surface area (Å²) in [6.07, 6.45) is 4.77. The van der Waals surface area contributed by atoms with Gasteiger partial charge in [-0.2, -0.15) is 0 Å². The van der Waals surface area contributed by atoms with Crippen molar-refractivity contribution in [3.63, 3.8) is 0 Å². The standard InChI is InChI=1S/C17H24ClNO3/c1-22-9-3-5-13-4-2-8-19(12-13)17(21)11-14-6-7-16(20)15(18)10-14/h6-7,10,13,20H,2-5,8-9,11-12H2,1H3/t13-/m1/s1. The Morgan fingerprint density at radius 1 is 1.50 bits per heavy atom. The summed E-state index contributed by atoms with van der Waals surface area (Å²) in [7, 11) is 1.72. The molecule has 0 unspecified atom stereocenters. The lowest BCUT2D eigenvalue weighted by molar-refractivity contribution is -0.132. The summed E-state index contributed by atoms with van der Waals surface area (Å²) in [6, 6.07) is 4.95. The Bertz CT molecular complexity index is 507. The van der Waals surface area contributed by atoms with Crippen molar-refractivity contribution < 1.29 is 14.6 Å². The summed E-state index contributed by atoms with van der Waals surface area (Å²) in [5.74, 6) is 0.767. The van der Waals surface area contributed by atoms with Gasteiger partial charge in [0.1, 0.15) is 5.75 Å². The van der Waals surface area contributed by atoms with E-state index in [4.69, 9.17) is 16.3 Å². The molecule has 1 fully saturated rings. The molecule has 1 heterocycles. The molecule has 22 heavy (non-hydrogen) atoms. The summed E-state index contributed by atoms with van der Waals surface area (Å²) in [6.45, 7) is 2.47. The fraction of sp³-hybridized carbons (Fsp3) is 0.588. The third-order valence-electron chi connectivity index (χ3n) is 4.20. The van der Waals surface area contributed by atoms with Crippen LogP contribution in [-0.2, 0) is 16.0 Å². The second-order valence-electron chi connectivity index (χ2n) is 5.95. The van der Waals surface area contributed by atoms with Crippen molar-refractivity contribution in [2.45, 2.75) is 32.1 Å². The van der Waals surface area contributed by atoms with E-state index in [1.165, 1.54) is 12.5 Å². The summed E-state index contributed by atoms with van der Waals surface area (Å²) in [4.78, 5) is 14.4. The van der Waals surface area contributed by atoms with Crippen LogP contribution in [-0.4, -0.2) is 42.7 Å². The van der Waals surface area contributed by atoms with E-state index in [9.17, 15) is 9.90 Å². The number of aromatic hydroxyl groups is 1. The third kappa shape index (κ3) is 4.89. The minimum absolute atomic E-state index is 0.0500.